The van der Waals surface area contributed by atoms with Gasteiger partial charge in [-0.25, -0.2) is 0 Å². The molecule has 1 aliphatic carbocycles. The lowest BCUT2D eigenvalue weighted by Crippen LogP contribution is -2.47. The minimum absolute atomic E-state index is 0.330. The Kier molecular flexibility index (Phi) is 5.28. The van der Waals surface area contributed by atoms with E-state index in [1.54, 1.807) is 7.11 Å². The van der Waals surface area contributed by atoms with Crippen molar-refractivity contribution >= 4 is 5.91 Å². The maximum absolute atomic E-state index is 12.5. The number of carbonyl (C=O) groups excluding carboxylic acids is 1. The molecule has 0 radical (unpaired) electrons. The van der Waals surface area contributed by atoms with Gasteiger partial charge in [-0.1, -0.05) is 12.5 Å². The van der Waals surface area contributed by atoms with Crippen molar-refractivity contribution in [3.05, 3.63) is 30.1 Å². The largest absolute Gasteiger partial charge is 0.383 e. The maximum Gasteiger partial charge on any atom is 0.225 e. The van der Waals surface area contributed by atoms with Gasteiger partial charge in [-0.05, 0) is 49.1 Å². The molecule has 5 nitrogen and oxygen atoms in total. The van der Waals surface area contributed by atoms with Gasteiger partial charge >= 0.3 is 0 Å². The number of likely N-dealkylation sites (tertiary alicyclic amines) is 2. The Morgan fingerprint density at radius 2 is 2.15 bits per heavy atom. The van der Waals surface area contributed by atoms with Crippen LogP contribution in [-0.2, 0) is 16.1 Å². The van der Waals surface area contributed by atoms with Crippen molar-refractivity contribution in [1.82, 2.24) is 14.8 Å². The molecule has 3 aliphatic rings. The van der Waals surface area contributed by atoms with Gasteiger partial charge in [0.15, 0.2) is 0 Å². The summed E-state index contributed by atoms with van der Waals surface area (Å²) in [5, 5.41) is 0. The molecule has 2 saturated heterocycles. The standard InChI is InChI=1S/C21H31N3O2/c1-26-15-19-12-21(16-24(19)14-17-4-3-9-22-13-17)7-10-23(11-8-21)20(25)18-5-2-6-18/h3-4,9,13,18-19H,2,5-8,10-12,14-16H2,1H3/t19-/m1/s1. The Hall–Kier alpha value is -1.46. The molecule has 1 atom stereocenters. The molecule has 4 rings (SSSR count). The smallest absolute Gasteiger partial charge is 0.225 e. The maximum atomic E-state index is 12.5. The Morgan fingerprint density at radius 3 is 2.77 bits per heavy atom. The molecule has 1 spiro atoms. The van der Waals surface area contributed by atoms with Crippen molar-refractivity contribution in [2.75, 3.05) is 33.4 Å². The summed E-state index contributed by atoms with van der Waals surface area (Å²) in [6.45, 7) is 4.72. The second-order valence-corrected chi connectivity index (χ2v) is 8.53. The molecule has 1 aromatic heterocycles. The van der Waals surface area contributed by atoms with Crippen LogP contribution >= 0.6 is 0 Å². The van der Waals surface area contributed by atoms with E-state index in [1.807, 2.05) is 18.5 Å². The average Bonchev–Trinajstić information content (AvgIpc) is 2.92. The molecule has 3 heterocycles. The fourth-order valence-corrected chi connectivity index (χ4v) is 5.00. The fraction of sp³-hybridized carbons (Fsp3) is 0.714. The number of piperidine rings is 1. The van der Waals surface area contributed by atoms with Crippen LogP contribution in [0.25, 0.3) is 0 Å². The summed E-state index contributed by atoms with van der Waals surface area (Å²) in [5.41, 5.74) is 1.62. The van der Waals surface area contributed by atoms with Gasteiger partial charge < -0.3 is 9.64 Å². The van der Waals surface area contributed by atoms with E-state index in [4.69, 9.17) is 4.74 Å². The van der Waals surface area contributed by atoms with Crippen molar-refractivity contribution in [2.45, 2.75) is 51.1 Å². The summed E-state index contributed by atoms with van der Waals surface area (Å²) in [4.78, 5) is 21.5. The summed E-state index contributed by atoms with van der Waals surface area (Å²) in [6.07, 6.45) is 10.7. The molecule has 1 amide bonds. The molecule has 0 N–H and O–H groups in total. The Bertz CT molecular complexity index is 609. The van der Waals surface area contributed by atoms with Crippen LogP contribution in [0.4, 0.5) is 0 Å². The minimum atomic E-state index is 0.330. The topological polar surface area (TPSA) is 45.7 Å². The van der Waals surface area contributed by atoms with Crippen molar-refractivity contribution in [1.29, 1.82) is 0 Å². The molecule has 0 aromatic carbocycles. The normalized spacial score (nSPS) is 26.2. The first-order chi connectivity index (χ1) is 12.7. The van der Waals surface area contributed by atoms with Crippen LogP contribution in [0.2, 0.25) is 0 Å². The van der Waals surface area contributed by atoms with Crippen LogP contribution in [0.5, 0.6) is 0 Å². The number of pyridine rings is 1. The fourth-order valence-electron chi connectivity index (χ4n) is 5.00. The summed E-state index contributed by atoms with van der Waals surface area (Å²) < 4.78 is 5.52. The minimum Gasteiger partial charge on any atom is -0.383 e. The van der Waals surface area contributed by atoms with Crippen LogP contribution in [0.3, 0.4) is 0 Å². The molecule has 1 aromatic rings. The van der Waals surface area contributed by atoms with Gasteiger partial charge in [0.2, 0.25) is 5.91 Å². The zero-order valence-electron chi connectivity index (χ0n) is 15.9. The van der Waals surface area contributed by atoms with Crippen molar-refractivity contribution < 1.29 is 9.53 Å². The Balaban J connectivity index is 1.38. The van der Waals surface area contributed by atoms with Gasteiger partial charge in [0.05, 0.1) is 6.61 Å². The number of hydrogen-bond donors (Lipinski definition) is 0. The van der Waals surface area contributed by atoms with Crippen LogP contribution in [0.1, 0.15) is 44.1 Å². The predicted molar refractivity (Wildman–Crippen MR) is 101 cm³/mol. The SMILES string of the molecule is COC[C@H]1CC2(CCN(C(=O)C3CCC3)CC2)CN1Cc1cccnc1. The lowest BCUT2D eigenvalue weighted by Gasteiger charge is -2.41. The number of methoxy groups -OCH3 is 1. The molecule has 1 saturated carbocycles. The van der Waals surface area contributed by atoms with Crippen LogP contribution in [0.15, 0.2) is 24.5 Å². The van der Waals surface area contributed by atoms with Gasteiger partial charge in [0, 0.05) is 57.6 Å². The molecule has 3 fully saturated rings. The van der Waals surface area contributed by atoms with Crippen molar-refractivity contribution in [3.8, 4) is 0 Å². The molecule has 26 heavy (non-hydrogen) atoms. The van der Waals surface area contributed by atoms with E-state index >= 15 is 0 Å². The van der Waals surface area contributed by atoms with Crippen molar-refractivity contribution in [2.24, 2.45) is 11.3 Å². The van der Waals surface area contributed by atoms with E-state index in [0.29, 0.717) is 23.3 Å². The molecule has 0 bridgehead atoms. The summed E-state index contributed by atoms with van der Waals surface area (Å²) in [7, 11) is 1.80. The van der Waals surface area contributed by atoms with E-state index in [2.05, 4.69) is 20.9 Å². The molecule has 0 unspecified atom stereocenters. The highest BCUT2D eigenvalue weighted by Crippen LogP contribution is 2.44. The first-order valence-corrected chi connectivity index (χ1v) is 10.1. The van der Waals surface area contributed by atoms with Crippen LogP contribution in [-0.4, -0.2) is 60.1 Å². The monoisotopic (exact) mass is 357 g/mol. The molecule has 5 heteroatoms. The van der Waals surface area contributed by atoms with Gasteiger partial charge in [0.25, 0.3) is 0 Å². The zero-order chi connectivity index (χ0) is 18.0. The second kappa shape index (κ2) is 7.65. The van der Waals surface area contributed by atoms with Gasteiger partial charge in [0.1, 0.15) is 0 Å². The summed E-state index contributed by atoms with van der Waals surface area (Å²) >= 11 is 0. The highest BCUT2D eigenvalue weighted by atomic mass is 16.5. The predicted octanol–water partition coefficient (Wildman–Crippen LogP) is 2.71. The van der Waals surface area contributed by atoms with Gasteiger partial charge in [-0.2, -0.15) is 0 Å². The first kappa shape index (κ1) is 17.9. The Morgan fingerprint density at radius 1 is 1.35 bits per heavy atom. The second-order valence-electron chi connectivity index (χ2n) is 8.53. The van der Waals surface area contributed by atoms with E-state index < -0.39 is 0 Å². The highest BCUT2D eigenvalue weighted by Gasteiger charge is 2.46. The number of nitrogens with zero attached hydrogens (tertiary/aromatic N) is 3. The van der Waals surface area contributed by atoms with E-state index in [0.717, 1.165) is 58.5 Å². The van der Waals surface area contributed by atoms with Gasteiger partial charge in [-0.15, -0.1) is 0 Å². The van der Waals surface area contributed by atoms with E-state index in [-0.39, 0.29) is 0 Å². The number of amides is 1. The van der Waals surface area contributed by atoms with Crippen molar-refractivity contribution in [3.63, 3.8) is 0 Å². The van der Waals surface area contributed by atoms with Crippen LogP contribution < -0.4 is 0 Å². The van der Waals surface area contributed by atoms with E-state index in [1.165, 1.54) is 18.4 Å². The average molecular weight is 357 g/mol. The third kappa shape index (κ3) is 3.65. The Labute approximate surface area is 156 Å². The number of hydrogen-bond acceptors (Lipinski definition) is 4. The van der Waals surface area contributed by atoms with Gasteiger partial charge in [-0.3, -0.25) is 14.7 Å². The number of carbonyl (C=O) groups is 1. The third-order valence-electron chi connectivity index (χ3n) is 6.78. The quantitative estimate of drug-likeness (QED) is 0.813. The number of rotatable bonds is 5. The lowest BCUT2D eigenvalue weighted by atomic mass is 9.76. The molecule has 2 aliphatic heterocycles. The highest BCUT2D eigenvalue weighted by molar-refractivity contribution is 5.79. The first-order valence-electron chi connectivity index (χ1n) is 10.1. The number of aromatic nitrogens is 1. The molecular formula is C21H31N3O2. The lowest BCUT2D eigenvalue weighted by molar-refractivity contribution is -0.140. The summed E-state index contributed by atoms with van der Waals surface area (Å²) in [5.74, 6) is 0.751. The zero-order valence-corrected chi connectivity index (χ0v) is 15.9. The summed E-state index contributed by atoms with van der Waals surface area (Å²) in [6, 6.07) is 4.63. The van der Waals surface area contributed by atoms with Crippen LogP contribution in [0, 0.1) is 11.3 Å². The molecular weight excluding hydrogens is 326 g/mol. The third-order valence-corrected chi connectivity index (χ3v) is 6.78. The number of ether oxygens (including phenoxy) is 1. The van der Waals surface area contributed by atoms with E-state index in [9.17, 15) is 4.79 Å². The molecule has 142 valence electrons.